The van der Waals surface area contributed by atoms with Crippen LogP contribution in [-0.4, -0.2) is 25.9 Å². The van der Waals surface area contributed by atoms with E-state index in [1.807, 2.05) is 12.1 Å². The average Bonchev–Trinajstić information content (AvgIpc) is 2.28. The summed E-state index contributed by atoms with van der Waals surface area (Å²) in [6.45, 7) is 0.0626. The molecule has 0 bridgehead atoms. The van der Waals surface area contributed by atoms with Crippen LogP contribution in [0.4, 0.5) is 0 Å². The summed E-state index contributed by atoms with van der Waals surface area (Å²) in [6.07, 6.45) is 0.516. The molecule has 0 heterocycles. The summed E-state index contributed by atoms with van der Waals surface area (Å²) < 4.78 is 11.2. The molecule has 1 aromatic carbocycles. The highest BCUT2D eigenvalue weighted by molar-refractivity contribution is 9.10. The van der Waals surface area contributed by atoms with Crippen LogP contribution in [0.25, 0.3) is 0 Å². The topological polar surface area (TPSA) is 64.7 Å². The lowest BCUT2D eigenvalue weighted by atomic mass is 10.0. The Morgan fingerprint density at radius 2 is 2.06 bits per heavy atom. The number of hydrogen-bond acceptors (Lipinski definition) is 4. The van der Waals surface area contributed by atoms with Gasteiger partial charge in [0.25, 0.3) is 0 Å². The Morgan fingerprint density at radius 3 is 2.56 bits per heavy atom. The molecule has 5 heteroatoms. The van der Waals surface area contributed by atoms with Gasteiger partial charge in [-0.05, 0) is 40.0 Å². The van der Waals surface area contributed by atoms with Gasteiger partial charge in [0.15, 0.2) is 11.5 Å². The Morgan fingerprint density at radius 1 is 1.38 bits per heavy atom. The van der Waals surface area contributed by atoms with Gasteiger partial charge in [0, 0.05) is 12.6 Å². The third-order valence-electron chi connectivity index (χ3n) is 2.32. The summed E-state index contributed by atoms with van der Waals surface area (Å²) in [4.78, 5) is 0. The van der Waals surface area contributed by atoms with Crippen molar-refractivity contribution in [1.82, 2.24) is 0 Å². The van der Waals surface area contributed by atoms with Crippen molar-refractivity contribution in [2.24, 2.45) is 5.73 Å². The van der Waals surface area contributed by atoms with Crippen molar-refractivity contribution in [3.63, 3.8) is 0 Å². The van der Waals surface area contributed by atoms with Gasteiger partial charge in [-0.15, -0.1) is 0 Å². The highest BCUT2D eigenvalue weighted by Gasteiger charge is 2.14. The summed E-state index contributed by atoms with van der Waals surface area (Å²) in [5.41, 5.74) is 6.81. The van der Waals surface area contributed by atoms with Crippen LogP contribution in [-0.2, 0) is 0 Å². The smallest absolute Gasteiger partial charge is 0.174 e. The normalized spacial score (nSPS) is 12.3. The lowest BCUT2D eigenvalue weighted by Gasteiger charge is -2.15. The molecule has 1 atom stereocenters. The number of rotatable bonds is 5. The van der Waals surface area contributed by atoms with Gasteiger partial charge in [-0.25, -0.2) is 0 Å². The Labute approximate surface area is 103 Å². The quantitative estimate of drug-likeness (QED) is 0.868. The molecule has 0 aromatic heterocycles. The second kappa shape index (κ2) is 6.08. The minimum Gasteiger partial charge on any atom is -0.493 e. The number of aliphatic hydroxyl groups is 1. The van der Waals surface area contributed by atoms with E-state index < -0.39 is 0 Å². The van der Waals surface area contributed by atoms with Crippen LogP contribution >= 0.6 is 15.9 Å². The largest absolute Gasteiger partial charge is 0.493 e. The Bertz CT molecular complexity index is 357. The van der Waals surface area contributed by atoms with Gasteiger partial charge in [0.1, 0.15) is 0 Å². The number of methoxy groups -OCH3 is 2. The van der Waals surface area contributed by atoms with Gasteiger partial charge in [0.05, 0.1) is 18.7 Å². The zero-order chi connectivity index (χ0) is 12.1. The number of halogens is 1. The maximum Gasteiger partial charge on any atom is 0.174 e. The summed E-state index contributed by atoms with van der Waals surface area (Å²) in [7, 11) is 3.15. The van der Waals surface area contributed by atoms with Crippen LogP contribution in [0, 0.1) is 0 Å². The van der Waals surface area contributed by atoms with E-state index >= 15 is 0 Å². The molecule has 90 valence electrons. The molecule has 1 unspecified atom stereocenters. The Kier molecular flexibility index (Phi) is 5.05. The molecule has 0 fully saturated rings. The van der Waals surface area contributed by atoms with Crippen molar-refractivity contribution < 1.29 is 14.6 Å². The number of hydrogen-bond donors (Lipinski definition) is 2. The molecule has 0 saturated heterocycles. The number of aliphatic hydroxyl groups excluding tert-OH is 1. The SMILES string of the molecule is COc1cc(C(N)CCO)cc(Br)c1OC. The van der Waals surface area contributed by atoms with Crippen LogP contribution in [0.1, 0.15) is 18.0 Å². The number of benzene rings is 1. The first-order valence-electron chi connectivity index (χ1n) is 4.91. The standard InChI is InChI=1S/C11H16BrNO3/c1-15-10-6-7(9(13)3-4-14)5-8(12)11(10)16-2/h5-6,9,14H,3-4,13H2,1-2H3. The molecule has 0 spiro atoms. The highest BCUT2D eigenvalue weighted by Crippen LogP contribution is 2.37. The van der Waals surface area contributed by atoms with E-state index in [0.29, 0.717) is 17.9 Å². The fourth-order valence-electron chi connectivity index (χ4n) is 1.46. The maximum absolute atomic E-state index is 8.85. The summed E-state index contributed by atoms with van der Waals surface area (Å²) in [5, 5.41) is 8.85. The van der Waals surface area contributed by atoms with Crippen molar-refractivity contribution in [1.29, 1.82) is 0 Å². The molecule has 0 aliphatic heterocycles. The van der Waals surface area contributed by atoms with Gasteiger partial charge in [0.2, 0.25) is 0 Å². The highest BCUT2D eigenvalue weighted by atomic mass is 79.9. The van der Waals surface area contributed by atoms with Crippen molar-refractivity contribution in [2.75, 3.05) is 20.8 Å². The van der Waals surface area contributed by atoms with Gasteiger partial charge in [-0.2, -0.15) is 0 Å². The van der Waals surface area contributed by atoms with E-state index in [0.717, 1.165) is 10.0 Å². The molecule has 0 aliphatic carbocycles. The molecule has 16 heavy (non-hydrogen) atoms. The lowest BCUT2D eigenvalue weighted by Crippen LogP contribution is -2.12. The van der Waals surface area contributed by atoms with Crippen LogP contribution in [0.3, 0.4) is 0 Å². The van der Waals surface area contributed by atoms with Crippen LogP contribution in [0.5, 0.6) is 11.5 Å². The first-order valence-corrected chi connectivity index (χ1v) is 5.71. The van der Waals surface area contributed by atoms with Crippen LogP contribution in [0.15, 0.2) is 16.6 Å². The minimum absolute atomic E-state index is 0.0626. The van der Waals surface area contributed by atoms with Gasteiger partial charge < -0.3 is 20.3 Å². The fourth-order valence-corrected chi connectivity index (χ4v) is 2.08. The van der Waals surface area contributed by atoms with Crippen molar-refractivity contribution in [3.05, 3.63) is 22.2 Å². The van der Waals surface area contributed by atoms with E-state index in [1.165, 1.54) is 0 Å². The fraction of sp³-hybridized carbons (Fsp3) is 0.455. The molecule has 0 amide bonds. The molecule has 1 rings (SSSR count). The van der Waals surface area contributed by atoms with Crippen LogP contribution < -0.4 is 15.2 Å². The summed E-state index contributed by atoms with van der Waals surface area (Å²) >= 11 is 3.40. The summed E-state index contributed by atoms with van der Waals surface area (Å²) in [5.74, 6) is 1.27. The Hall–Kier alpha value is -0.780. The zero-order valence-electron chi connectivity index (χ0n) is 9.37. The average molecular weight is 290 g/mol. The van der Waals surface area contributed by atoms with E-state index in [1.54, 1.807) is 14.2 Å². The van der Waals surface area contributed by atoms with Crippen LogP contribution in [0.2, 0.25) is 0 Å². The molecule has 0 saturated carbocycles. The minimum atomic E-state index is -0.207. The maximum atomic E-state index is 8.85. The van der Waals surface area contributed by atoms with Crippen molar-refractivity contribution in [2.45, 2.75) is 12.5 Å². The zero-order valence-corrected chi connectivity index (χ0v) is 11.0. The van der Waals surface area contributed by atoms with Crippen molar-refractivity contribution >= 4 is 15.9 Å². The molecular formula is C11H16BrNO3. The summed E-state index contributed by atoms with van der Waals surface area (Å²) in [6, 6.07) is 3.49. The third kappa shape index (κ3) is 2.87. The van der Waals surface area contributed by atoms with Gasteiger partial charge >= 0.3 is 0 Å². The molecule has 4 nitrogen and oxygen atoms in total. The Balaban J connectivity index is 3.09. The molecule has 1 aromatic rings. The second-order valence-electron chi connectivity index (χ2n) is 3.36. The predicted octanol–water partition coefficient (Wildman–Crippen LogP) is 1.85. The predicted molar refractivity (Wildman–Crippen MR) is 65.9 cm³/mol. The lowest BCUT2D eigenvalue weighted by molar-refractivity contribution is 0.276. The van der Waals surface area contributed by atoms with Gasteiger partial charge in [-0.1, -0.05) is 0 Å². The number of ether oxygens (including phenoxy) is 2. The van der Waals surface area contributed by atoms with E-state index in [2.05, 4.69) is 15.9 Å². The van der Waals surface area contributed by atoms with Gasteiger partial charge in [-0.3, -0.25) is 0 Å². The van der Waals surface area contributed by atoms with E-state index in [4.69, 9.17) is 20.3 Å². The second-order valence-corrected chi connectivity index (χ2v) is 4.21. The first-order chi connectivity index (χ1) is 7.63. The van der Waals surface area contributed by atoms with Crippen molar-refractivity contribution in [3.8, 4) is 11.5 Å². The third-order valence-corrected chi connectivity index (χ3v) is 2.91. The monoisotopic (exact) mass is 289 g/mol. The molecule has 0 radical (unpaired) electrons. The molecule has 0 aliphatic rings. The van der Waals surface area contributed by atoms with E-state index in [-0.39, 0.29) is 12.6 Å². The molecular weight excluding hydrogens is 274 g/mol. The molecule has 3 N–H and O–H groups in total. The first kappa shape index (κ1) is 13.3. The number of nitrogens with two attached hydrogens (primary N) is 1. The van der Waals surface area contributed by atoms with E-state index in [9.17, 15) is 0 Å².